The van der Waals surface area contributed by atoms with Gasteiger partial charge in [0.1, 0.15) is 5.82 Å². The van der Waals surface area contributed by atoms with Gasteiger partial charge in [-0.2, -0.15) is 4.98 Å². The average Bonchev–Trinajstić information content (AvgIpc) is 2.47. The average molecular weight is 310 g/mol. The minimum Gasteiger partial charge on any atom is -0.352 e. The molecule has 0 radical (unpaired) electrons. The number of nitrogens with one attached hydrogen (secondary N) is 2. The van der Waals surface area contributed by atoms with E-state index in [-0.39, 0.29) is 11.7 Å². The van der Waals surface area contributed by atoms with E-state index < -0.39 is 17.5 Å². The third kappa shape index (κ3) is 3.66. The van der Waals surface area contributed by atoms with E-state index in [2.05, 4.69) is 20.6 Å². The fraction of sp³-hybridized carbons (Fsp3) is 0.333. The van der Waals surface area contributed by atoms with Crippen LogP contribution >= 0.6 is 0 Å². The standard InChI is InChI=1S/C15H17F3N4/c1-4-8(2)19-15-20-9(3)7-12(22-15)21-11-6-5-10(16)13(17)14(11)18/h5-8H,4H2,1-3H3,(H2,19,20,21,22). The lowest BCUT2D eigenvalue weighted by molar-refractivity contribution is 0.449. The number of hydrogen-bond donors (Lipinski definition) is 2. The molecule has 2 N–H and O–H groups in total. The molecule has 0 saturated heterocycles. The van der Waals surface area contributed by atoms with Crippen molar-refractivity contribution in [2.24, 2.45) is 0 Å². The van der Waals surface area contributed by atoms with Crippen LogP contribution in [-0.2, 0) is 0 Å². The minimum atomic E-state index is -1.52. The Morgan fingerprint density at radius 2 is 1.86 bits per heavy atom. The predicted octanol–water partition coefficient (Wildman–Crippen LogP) is 4.16. The van der Waals surface area contributed by atoms with Crippen LogP contribution in [0.1, 0.15) is 26.0 Å². The molecule has 1 atom stereocenters. The SMILES string of the molecule is CCC(C)Nc1nc(C)cc(Nc2ccc(F)c(F)c2F)n1. The second-order valence-corrected chi connectivity index (χ2v) is 5.02. The molecule has 0 aliphatic heterocycles. The van der Waals surface area contributed by atoms with Crippen LogP contribution in [0.2, 0.25) is 0 Å². The molecule has 0 saturated carbocycles. The van der Waals surface area contributed by atoms with Gasteiger partial charge >= 0.3 is 0 Å². The number of anilines is 3. The fourth-order valence-corrected chi connectivity index (χ4v) is 1.78. The van der Waals surface area contributed by atoms with Crippen molar-refractivity contribution in [2.45, 2.75) is 33.2 Å². The molecule has 0 bridgehead atoms. The monoisotopic (exact) mass is 310 g/mol. The van der Waals surface area contributed by atoms with Crippen LogP contribution in [0.5, 0.6) is 0 Å². The molecule has 1 aromatic heterocycles. The molecular weight excluding hydrogens is 293 g/mol. The zero-order valence-corrected chi connectivity index (χ0v) is 12.5. The second kappa shape index (κ2) is 6.64. The van der Waals surface area contributed by atoms with E-state index in [1.165, 1.54) is 0 Å². The molecule has 2 rings (SSSR count). The highest BCUT2D eigenvalue weighted by Gasteiger charge is 2.14. The molecule has 118 valence electrons. The lowest BCUT2D eigenvalue weighted by Crippen LogP contribution is -2.16. The van der Waals surface area contributed by atoms with Crippen molar-refractivity contribution in [1.29, 1.82) is 0 Å². The lowest BCUT2D eigenvalue weighted by Gasteiger charge is -2.14. The van der Waals surface area contributed by atoms with Gasteiger partial charge in [0.2, 0.25) is 5.95 Å². The van der Waals surface area contributed by atoms with E-state index in [0.717, 1.165) is 18.6 Å². The zero-order chi connectivity index (χ0) is 16.3. The first-order valence-corrected chi connectivity index (χ1v) is 6.93. The zero-order valence-electron chi connectivity index (χ0n) is 12.5. The van der Waals surface area contributed by atoms with Crippen LogP contribution in [0, 0.1) is 24.4 Å². The molecule has 0 spiro atoms. The molecule has 4 nitrogen and oxygen atoms in total. The molecule has 0 aliphatic carbocycles. The van der Waals surface area contributed by atoms with Crippen LogP contribution in [0.3, 0.4) is 0 Å². The highest BCUT2D eigenvalue weighted by molar-refractivity contribution is 5.58. The predicted molar refractivity (Wildman–Crippen MR) is 79.7 cm³/mol. The summed E-state index contributed by atoms with van der Waals surface area (Å²) in [5.41, 5.74) is 0.470. The van der Waals surface area contributed by atoms with E-state index in [1.54, 1.807) is 13.0 Å². The first-order valence-electron chi connectivity index (χ1n) is 6.93. The Morgan fingerprint density at radius 3 is 2.55 bits per heavy atom. The van der Waals surface area contributed by atoms with Gasteiger partial charge in [0.25, 0.3) is 0 Å². The van der Waals surface area contributed by atoms with E-state index in [9.17, 15) is 13.2 Å². The van der Waals surface area contributed by atoms with Gasteiger partial charge < -0.3 is 10.6 Å². The Hall–Kier alpha value is -2.31. The first kappa shape index (κ1) is 16.1. The number of halogens is 3. The molecule has 2 aromatic rings. The Balaban J connectivity index is 2.28. The highest BCUT2D eigenvalue weighted by Crippen LogP contribution is 2.23. The molecule has 0 aliphatic rings. The van der Waals surface area contributed by atoms with E-state index >= 15 is 0 Å². The van der Waals surface area contributed by atoms with E-state index in [4.69, 9.17) is 0 Å². The van der Waals surface area contributed by atoms with Crippen LogP contribution in [0.15, 0.2) is 18.2 Å². The third-order valence-electron chi connectivity index (χ3n) is 3.14. The van der Waals surface area contributed by atoms with E-state index in [1.807, 2.05) is 13.8 Å². The van der Waals surface area contributed by atoms with Gasteiger partial charge in [-0.3, -0.25) is 0 Å². The molecular formula is C15H17F3N4. The maximum Gasteiger partial charge on any atom is 0.225 e. The van der Waals surface area contributed by atoms with Gasteiger partial charge in [-0.05, 0) is 32.4 Å². The fourth-order valence-electron chi connectivity index (χ4n) is 1.78. The Morgan fingerprint density at radius 1 is 1.14 bits per heavy atom. The largest absolute Gasteiger partial charge is 0.352 e. The van der Waals surface area contributed by atoms with Gasteiger partial charge in [-0.1, -0.05) is 6.92 Å². The maximum atomic E-state index is 13.7. The molecule has 22 heavy (non-hydrogen) atoms. The number of benzene rings is 1. The summed E-state index contributed by atoms with van der Waals surface area (Å²) in [6.45, 7) is 5.76. The minimum absolute atomic E-state index is 0.176. The van der Waals surface area contributed by atoms with Crippen molar-refractivity contribution in [3.8, 4) is 0 Å². The number of rotatable bonds is 5. The second-order valence-electron chi connectivity index (χ2n) is 5.02. The molecule has 0 amide bonds. The molecule has 1 unspecified atom stereocenters. The van der Waals surface area contributed by atoms with Crippen molar-refractivity contribution in [3.63, 3.8) is 0 Å². The summed E-state index contributed by atoms with van der Waals surface area (Å²) in [6, 6.07) is 3.73. The molecule has 0 fully saturated rings. The van der Waals surface area contributed by atoms with Crippen LogP contribution < -0.4 is 10.6 Å². The summed E-state index contributed by atoms with van der Waals surface area (Å²) in [4.78, 5) is 8.42. The topological polar surface area (TPSA) is 49.8 Å². The maximum absolute atomic E-state index is 13.7. The van der Waals surface area contributed by atoms with Crippen LogP contribution in [-0.4, -0.2) is 16.0 Å². The van der Waals surface area contributed by atoms with Crippen molar-refractivity contribution >= 4 is 17.5 Å². The quantitative estimate of drug-likeness (QED) is 0.814. The van der Waals surface area contributed by atoms with Gasteiger partial charge in [0.15, 0.2) is 17.5 Å². The summed E-state index contributed by atoms with van der Waals surface area (Å²) in [6.07, 6.45) is 0.887. The summed E-state index contributed by atoms with van der Waals surface area (Å²) in [5.74, 6) is -3.36. The number of hydrogen-bond acceptors (Lipinski definition) is 4. The van der Waals surface area contributed by atoms with Gasteiger partial charge in [-0.15, -0.1) is 0 Å². The smallest absolute Gasteiger partial charge is 0.225 e. The summed E-state index contributed by atoms with van der Waals surface area (Å²) in [5, 5.41) is 5.74. The van der Waals surface area contributed by atoms with Crippen molar-refractivity contribution in [1.82, 2.24) is 9.97 Å². The van der Waals surface area contributed by atoms with Crippen LogP contribution in [0.25, 0.3) is 0 Å². The summed E-state index contributed by atoms with van der Waals surface area (Å²) >= 11 is 0. The third-order valence-corrected chi connectivity index (χ3v) is 3.14. The number of aryl methyl sites for hydroxylation is 1. The van der Waals surface area contributed by atoms with Gasteiger partial charge in [0.05, 0.1) is 5.69 Å². The van der Waals surface area contributed by atoms with Gasteiger partial charge in [0, 0.05) is 17.8 Å². The summed E-state index contributed by atoms with van der Waals surface area (Å²) in [7, 11) is 0. The first-order chi connectivity index (χ1) is 10.4. The molecule has 7 heteroatoms. The Bertz CT molecular complexity index is 676. The number of nitrogens with zero attached hydrogens (tertiary/aromatic N) is 2. The van der Waals surface area contributed by atoms with Crippen LogP contribution in [0.4, 0.5) is 30.6 Å². The van der Waals surface area contributed by atoms with Crippen molar-refractivity contribution in [2.75, 3.05) is 10.6 Å². The van der Waals surface area contributed by atoms with E-state index in [0.29, 0.717) is 17.5 Å². The molecule has 1 heterocycles. The van der Waals surface area contributed by atoms with Crippen molar-refractivity contribution < 1.29 is 13.2 Å². The Kier molecular flexibility index (Phi) is 4.85. The normalized spacial score (nSPS) is 12.1. The number of aromatic nitrogens is 2. The van der Waals surface area contributed by atoms with Crippen molar-refractivity contribution in [3.05, 3.63) is 41.3 Å². The Labute approximate surface area is 126 Å². The molecule has 1 aromatic carbocycles. The summed E-state index contributed by atoms with van der Waals surface area (Å²) < 4.78 is 39.8. The lowest BCUT2D eigenvalue weighted by atomic mass is 10.2. The van der Waals surface area contributed by atoms with Gasteiger partial charge in [-0.25, -0.2) is 18.2 Å². The highest BCUT2D eigenvalue weighted by atomic mass is 19.2.